The van der Waals surface area contributed by atoms with Gasteiger partial charge in [0.05, 0.1) is 0 Å². The van der Waals surface area contributed by atoms with Gasteiger partial charge in [-0.25, -0.2) is 0 Å². The zero-order valence-corrected chi connectivity index (χ0v) is 12.5. The van der Waals surface area contributed by atoms with Gasteiger partial charge in [0.2, 0.25) is 10.1 Å². The van der Waals surface area contributed by atoms with Crippen LogP contribution in [0.1, 0.15) is 55.8 Å². The van der Waals surface area contributed by atoms with Crippen molar-refractivity contribution in [2.45, 2.75) is 52.0 Å². The molecule has 0 spiro atoms. The normalized spacial score (nSPS) is 20.1. The molecule has 0 aromatic carbocycles. The van der Waals surface area contributed by atoms with Crippen LogP contribution in [0.25, 0.3) is 0 Å². The van der Waals surface area contributed by atoms with Crippen molar-refractivity contribution in [3.05, 3.63) is 5.01 Å². The molecule has 1 N–H and O–H groups in total. The van der Waals surface area contributed by atoms with Crippen molar-refractivity contribution in [1.82, 2.24) is 15.1 Å². The number of carbonyl (C=O) groups excluding carboxylic acids is 1. The van der Waals surface area contributed by atoms with E-state index in [4.69, 9.17) is 0 Å². The summed E-state index contributed by atoms with van der Waals surface area (Å²) < 4.78 is 0. The Morgan fingerprint density at radius 3 is 2.95 bits per heavy atom. The highest BCUT2D eigenvalue weighted by Crippen LogP contribution is 2.23. The van der Waals surface area contributed by atoms with Crippen LogP contribution in [0.2, 0.25) is 0 Å². The molecule has 0 saturated carbocycles. The lowest BCUT2D eigenvalue weighted by molar-refractivity contribution is 0.0677. The Hall–Kier alpha value is -1.17. The van der Waals surface area contributed by atoms with Crippen LogP contribution in [0.5, 0.6) is 0 Å². The van der Waals surface area contributed by atoms with Crippen molar-refractivity contribution in [2.75, 3.05) is 18.4 Å². The summed E-state index contributed by atoms with van der Waals surface area (Å²) in [5.41, 5.74) is 0. The third kappa shape index (κ3) is 3.43. The number of hydrogen-bond acceptors (Lipinski definition) is 5. The number of amides is 1. The van der Waals surface area contributed by atoms with Crippen molar-refractivity contribution >= 4 is 22.4 Å². The minimum absolute atomic E-state index is 0.0513. The number of nitrogens with zero attached hydrogens (tertiary/aromatic N) is 3. The number of nitrogens with one attached hydrogen (secondary N) is 1. The van der Waals surface area contributed by atoms with Gasteiger partial charge in [-0.15, -0.1) is 10.2 Å². The van der Waals surface area contributed by atoms with E-state index in [0.717, 1.165) is 37.5 Å². The first-order chi connectivity index (χ1) is 9.26. The molecule has 5 nitrogen and oxygen atoms in total. The van der Waals surface area contributed by atoms with Crippen molar-refractivity contribution in [3.8, 4) is 0 Å². The van der Waals surface area contributed by atoms with Crippen LogP contribution < -0.4 is 5.32 Å². The van der Waals surface area contributed by atoms with Gasteiger partial charge in [0.25, 0.3) is 5.91 Å². The molecular formula is C13H22N4OS. The fraction of sp³-hybridized carbons (Fsp3) is 0.769. The number of likely N-dealkylation sites (tertiary alicyclic amines) is 1. The molecule has 1 saturated heterocycles. The van der Waals surface area contributed by atoms with Crippen LogP contribution in [0.15, 0.2) is 0 Å². The Balaban J connectivity index is 2.10. The average Bonchev–Trinajstić information content (AvgIpc) is 2.75. The third-order valence-corrected chi connectivity index (χ3v) is 4.41. The SMILES string of the molecule is CCNc1nnc(C(=O)N2CCCCCC2CC)s1. The number of aromatic nitrogens is 2. The highest BCUT2D eigenvalue weighted by molar-refractivity contribution is 7.17. The van der Waals surface area contributed by atoms with E-state index in [1.807, 2.05) is 11.8 Å². The summed E-state index contributed by atoms with van der Waals surface area (Å²) in [6.07, 6.45) is 5.67. The standard InChI is InChI=1S/C13H22N4OS/c1-3-10-8-6-5-7-9-17(10)12(18)11-15-16-13(19-11)14-4-2/h10H,3-9H2,1-2H3,(H,14,16). The van der Waals surface area contributed by atoms with E-state index in [9.17, 15) is 4.79 Å². The minimum atomic E-state index is 0.0513. The summed E-state index contributed by atoms with van der Waals surface area (Å²) in [5.74, 6) is 0.0513. The molecule has 0 radical (unpaired) electrons. The molecule has 2 heterocycles. The highest BCUT2D eigenvalue weighted by atomic mass is 32.1. The van der Waals surface area contributed by atoms with E-state index < -0.39 is 0 Å². The van der Waals surface area contributed by atoms with Gasteiger partial charge < -0.3 is 10.2 Å². The molecule has 1 atom stereocenters. The van der Waals surface area contributed by atoms with Crippen LogP contribution >= 0.6 is 11.3 Å². The average molecular weight is 282 g/mol. The van der Waals surface area contributed by atoms with Crippen LogP contribution in [-0.4, -0.2) is 40.1 Å². The second kappa shape index (κ2) is 6.84. The van der Waals surface area contributed by atoms with Crippen molar-refractivity contribution in [2.24, 2.45) is 0 Å². The van der Waals surface area contributed by atoms with Gasteiger partial charge >= 0.3 is 0 Å². The summed E-state index contributed by atoms with van der Waals surface area (Å²) in [4.78, 5) is 14.5. The first kappa shape index (κ1) is 14.2. The third-order valence-electron chi connectivity index (χ3n) is 3.55. The molecule has 1 aromatic rings. The van der Waals surface area contributed by atoms with Gasteiger partial charge in [-0.2, -0.15) is 0 Å². The summed E-state index contributed by atoms with van der Waals surface area (Å²) in [6, 6.07) is 0.362. The monoisotopic (exact) mass is 282 g/mol. The molecular weight excluding hydrogens is 260 g/mol. The molecule has 1 fully saturated rings. The second-order valence-electron chi connectivity index (χ2n) is 4.85. The van der Waals surface area contributed by atoms with Crippen LogP contribution in [0.3, 0.4) is 0 Å². The summed E-state index contributed by atoms with van der Waals surface area (Å²) in [5, 5.41) is 12.4. The fourth-order valence-electron chi connectivity index (χ4n) is 2.52. The first-order valence-corrected chi connectivity index (χ1v) is 7.96. The van der Waals surface area contributed by atoms with Crippen molar-refractivity contribution in [3.63, 3.8) is 0 Å². The zero-order valence-electron chi connectivity index (χ0n) is 11.7. The van der Waals surface area contributed by atoms with E-state index in [-0.39, 0.29) is 5.91 Å². The van der Waals surface area contributed by atoms with Crippen LogP contribution in [0, 0.1) is 0 Å². The Morgan fingerprint density at radius 2 is 2.21 bits per heavy atom. The smallest absolute Gasteiger partial charge is 0.285 e. The lowest BCUT2D eigenvalue weighted by Crippen LogP contribution is -2.39. The van der Waals surface area contributed by atoms with Gasteiger partial charge in [-0.3, -0.25) is 4.79 Å². The molecule has 1 aliphatic rings. The largest absolute Gasteiger partial charge is 0.360 e. The van der Waals surface area contributed by atoms with Crippen molar-refractivity contribution < 1.29 is 4.79 Å². The van der Waals surface area contributed by atoms with E-state index in [1.54, 1.807) is 0 Å². The fourth-order valence-corrected chi connectivity index (χ4v) is 3.29. The second-order valence-corrected chi connectivity index (χ2v) is 5.83. The molecule has 0 bridgehead atoms. The summed E-state index contributed by atoms with van der Waals surface area (Å²) in [7, 11) is 0. The predicted molar refractivity (Wildman–Crippen MR) is 77.7 cm³/mol. The molecule has 6 heteroatoms. The van der Waals surface area contributed by atoms with Crippen LogP contribution in [0.4, 0.5) is 5.13 Å². The maximum Gasteiger partial charge on any atom is 0.285 e. The van der Waals surface area contributed by atoms with E-state index >= 15 is 0 Å². The van der Waals surface area contributed by atoms with Gasteiger partial charge in [-0.05, 0) is 26.2 Å². The van der Waals surface area contributed by atoms with Crippen molar-refractivity contribution in [1.29, 1.82) is 0 Å². The number of carbonyl (C=O) groups is 1. The van der Waals surface area contributed by atoms with E-state index in [2.05, 4.69) is 22.4 Å². The molecule has 106 valence electrons. The number of hydrogen-bond donors (Lipinski definition) is 1. The molecule has 0 aliphatic carbocycles. The topological polar surface area (TPSA) is 58.1 Å². The molecule has 1 aromatic heterocycles. The van der Waals surface area contributed by atoms with Gasteiger partial charge in [0, 0.05) is 19.1 Å². The maximum absolute atomic E-state index is 12.5. The Morgan fingerprint density at radius 1 is 1.37 bits per heavy atom. The highest BCUT2D eigenvalue weighted by Gasteiger charge is 2.27. The Kier molecular flexibility index (Phi) is 5.13. The van der Waals surface area contributed by atoms with Crippen LogP contribution in [-0.2, 0) is 0 Å². The first-order valence-electron chi connectivity index (χ1n) is 7.14. The maximum atomic E-state index is 12.5. The predicted octanol–water partition coefficient (Wildman–Crippen LogP) is 2.76. The van der Waals surface area contributed by atoms with Gasteiger partial charge in [-0.1, -0.05) is 31.1 Å². The summed E-state index contributed by atoms with van der Waals surface area (Å²) >= 11 is 1.35. The quantitative estimate of drug-likeness (QED) is 0.922. The minimum Gasteiger partial charge on any atom is -0.360 e. The molecule has 1 amide bonds. The summed E-state index contributed by atoms with van der Waals surface area (Å²) in [6.45, 7) is 5.81. The number of anilines is 1. The molecule has 2 rings (SSSR count). The van der Waals surface area contributed by atoms with Gasteiger partial charge in [0.1, 0.15) is 0 Å². The molecule has 1 aliphatic heterocycles. The zero-order chi connectivity index (χ0) is 13.7. The van der Waals surface area contributed by atoms with E-state index in [1.165, 1.54) is 24.2 Å². The molecule has 1 unspecified atom stereocenters. The number of rotatable bonds is 4. The lowest BCUT2D eigenvalue weighted by atomic mass is 10.1. The molecule has 19 heavy (non-hydrogen) atoms. The van der Waals surface area contributed by atoms with E-state index in [0.29, 0.717) is 11.0 Å². The Labute approximate surface area is 118 Å². The van der Waals surface area contributed by atoms with Gasteiger partial charge in [0.15, 0.2) is 0 Å². The lowest BCUT2D eigenvalue weighted by Gasteiger charge is -2.28. The Bertz CT molecular complexity index is 421.